The molecule has 1 unspecified atom stereocenters. The lowest BCUT2D eigenvalue weighted by Crippen LogP contribution is -2.11. The van der Waals surface area contributed by atoms with Gasteiger partial charge in [-0.25, -0.2) is 4.39 Å². The highest BCUT2D eigenvalue weighted by molar-refractivity contribution is 6.18. The van der Waals surface area contributed by atoms with Gasteiger partial charge >= 0.3 is 0 Å². The Morgan fingerprint density at radius 2 is 1.95 bits per heavy atom. The first kappa shape index (κ1) is 16.5. The molecular weight excluding hydrogens is 263 g/mol. The van der Waals surface area contributed by atoms with E-state index in [0.717, 1.165) is 38.0 Å². The van der Waals surface area contributed by atoms with Gasteiger partial charge in [0.1, 0.15) is 5.82 Å². The monoisotopic (exact) mass is 286 g/mol. The Kier molecular flexibility index (Phi) is 8.08. The van der Waals surface area contributed by atoms with E-state index in [-0.39, 0.29) is 5.82 Å². The molecule has 0 bridgehead atoms. The van der Waals surface area contributed by atoms with Crippen LogP contribution in [0.25, 0.3) is 0 Å². The van der Waals surface area contributed by atoms with E-state index in [0.29, 0.717) is 17.7 Å². The van der Waals surface area contributed by atoms with Crippen molar-refractivity contribution >= 4 is 11.6 Å². The van der Waals surface area contributed by atoms with Gasteiger partial charge in [0.15, 0.2) is 0 Å². The van der Waals surface area contributed by atoms with Crippen LogP contribution >= 0.6 is 11.6 Å². The maximum Gasteiger partial charge on any atom is 0.123 e. The summed E-state index contributed by atoms with van der Waals surface area (Å²) in [5, 5.41) is 0. The van der Waals surface area contributed by atoms with Crippen LogP contribution in [0.2, 0.25) is 0 Å². The molecule has 0 amide bonds. The molecule has 19 heavy (non-hydrogen) atoms. The molecule has 0 aliphatic heterocycles. The topological polar surface area (TPSA) is 9.23 Å². The largest absolute Gasteiger partial charge is 0.381 e. The van der Waals surface area contributed by atoms with Crippen molar-refractivity contribution in [1.29, 1.82) is 0 Å². The first-order chi connectivity index (χ1) is 9.11. The predicted octanol–water partition coefficient (Wildman–Crippen LogP) is 4.68. The van der Waals surface area contributed by atoms with Crippen molar-refractivity contribution < 1.29 is 9.13 Å². The van der Waals surface area contributed by atoms with Crippen LogP contribution in [0.15, 0.2) is 24.3 Å². The van der Waals surface area contributed by atoms with Crippen LogP contribution in [0.1, 0.15) is 32.3 Å². The fraction of sp³-hybridized carbons (Fsp3) is 0.625. The molecule has 1 nitrogen and oxygen atoms in total. The fourth-order valence-electron chi connectivity index (χ4n) is 1.90. The van der Waals surface area contributed by atoms with E-state index in [4.69, 9.17) is 16.3 Å². The summed E-state index contributed by atoms with van der Waals surface area (Å²) in [4.78, 5) is 0. The number of benzene rings is 1. The van der Waals surface area contributed by atoms with Gasteiger partial charge in [0, 0.05) is 19.1 Å². The normalized spacial score (nSPS) is 12.9. The van der Waals surface area contributed by atoms with Crippen molar-refractivity contribution in [1.82, 2.24) is 0 Å². The van der Waals surface area contributed by atoms with Crippen LogP contribution in [-0.2, 0) is 11.2 Å². The highest BCUT2D eigenvalue weighted by atomic mass is 35.5. The van der Waals surface area contributed by atoms with Crippen molar-refractivity contribution in [2.24, 2.45) is 11.8 Å². The van der Waals surface area contributed by atoms with Crippen molar-refractivity contribution in [3.8, 4) is 0 Å². The molecule has 0 heterocycles. The first-order valence-corrected chi connectivity index (χ1v) is 7.53. The van der Waals surface area contributed by atoms with Gasteiger partial charge in [-0.3, -0.25) is 0 Å². The van der Waals surface area contributed by atoms with E-state index in [1.54, 1.807) is 12.1 Å². The second-order valence-electron chi connectivity index (χ2n) is 5.44. The lowest BCUT2D eigenvalue weighted by atomic mass is 9.98. The SMILES string of the molecule is CC(C)CCOCCC(CCl)Cc1cccc(F)c1. The Labute approximate surface area is 121 Å². The van der Waals surface area contributed by atoms with Crippen LogP contribution in [0, 0.1) is 17.7 Å². The van der Waals surface area contributed by atoms with E-state index in [9.17, 15) is 4.39 Å². The van der Waals surface area contributed by atoms with Gasteiger partial charge in [-0.15, -0.1) is 11.6 Å². The summed E-state index contributed by atoms with van der Waals surface area (Å²) in [5.74, 6) is 1.43. The molecule has 0 saturated heterocycles. The summed E-state index contributed by atoms with van der Waals surface area (Å²) in [6.45, 7) is 5.93. The van der Waals surface area contributed by atoms with Crippen molar-refractivity contribution in [3.63, 3.8) is 0 Å². The van der Waals surface area contributed by atoms with Crippen molar-refractivity contribution in [3.05, 3.63) is 35.6 Å². The Bertz CT molecular complexity index is 354. The van der Waals surface area contributed by atoms with Gasteiger partial charge in [0.25, 0.3) is 0 Å². The number of hydrogen-bond donors (Lipinski definition) is 0. The summed E-state index contributed by atoms with van der Waals surface area (Å²) in [5.41, 5.74) is 1.01. The molecule has 1 aromatic rings. The summed E-state index contributed by atoms with van der Waals surface area (Å²) in [6, 6.07) is 6.74. The average Bonchev–Trinajstić information content (AvgIpc) is 2.36. The Morgan fingerprint density at radius 1 is 1.21 bits per heavy atom. The molecule has 0 aliphatic carbocycles. The van der Waals surface area contributed by atoms with Crippen molar-refractivity contribution in [2.45, 2.75) is 33.1 Å². The second-order valence-corrected chi connectivity index (χ2v) is 5.75. The van der Waals surface area contributed by atoms with Gasteiger partial charge in [0.05, 0.1) is 0 Å². The van der Waals surface area contributed by atoms with E-state index < -0.39 is 0 Å². The van der Waals surface area contributed by atoms with Crippen LogP contribution < -0.4 is 0 Å². The van der Waals surface area contributed by atoms with Gasteiger partial charge in [-0.2, -0.15) is 0 Å². The third-order valence-electron chi connectivity index (χ3n) is 3.14. The molecule has 0 fully saturated rings. The summed E-state index contributed by atoms with van der Waals surface area (Å²) < 4.78 is 18.7. The van der Waals surface area contributed by atoms with Crippen LogP contribution in [-0.4, -0.2) is 19.1 Å². The third kappa shape index (κ3) is 7.54. The molecular formula is C16H24ClFO. The van der Waals surface area contributed by atoms with Crippen molar-refractivity contribution in [2.75, 3.05) is 19.1 Å². The highest BCUT2D eigenvalue weighted by Crippen LogP contribution is 2.15. The molecule has 1 aromatic carbocycles. The minimum Gasteiger partial charge on any atom is -0.381 e. The highest BCUT2D eigenvalue weighted by Gasteiger charge is 2.09. The lowest BCUT2D eigenvalue weighted by molar-refractivity contribution is 0.112. The molecule has 0 saturated carbocycles. The number of rotatable bonds is 9. The predicted molar refractivity (Wildman–Crippen MR) is 79.2 cm³/mol. The van der Waals surface area contributed by atoms with Gasteiger partial charge in [0.2, 0.25) is 0 Å². The fourth-order valence-corrected chi connectivity index (χ4v) is 2.17. The van der Waals surface area contributed by atoms with Crippen LogP contribution in [0.4, 0.5) is 4.39 Å². The quantitative estimate of drug-likeness (QED) is 0.473. The standard InChI is InChI=1S/C16H24ClFO/c1-13(2)6-8-19-9-7-15(12-17)10-14-4-3-5-16(18)11-14/h3-5,11,13,15H,6-10,12H2,1-2H3. The molecule has 108 valence electrons. The molecule has 1 rings (SSSR count). The minimum absolute atomic E-state index is 0.181. The number of halogens is 2. The minimum atomic E-state index is -0.181. The Hall–Kier alpha value is -0.600. The summed E-state index contributed by atoms with van der Waals surface area (Å²) in [7, 11) is 0. The zero-order chi connectivity index (χ0) is 14.1. The summed E-state index contributed by atoms with van der Waals surface area (Å²) >= 11 is 5.97. The van der Waals surface area contributed by atoms with Gasteiger partial charge < -0.3 is 4.74 Å². The van der Waals surface area contributed by atoms with E-state index >= 15 is 0 Å². The average molecular weight is 287 g/mol. The van der Waals surface area contributed by atoms with E-state index in [1.165, 1.54) is 6.07 Å². The number of ether oxygens (including phenoxy) is 1. The number of hydrogen-bond acceptors (Lipinski definition) is 1. The van der Waals surface area contributed by atoms with Crippen LogP contribution in [0.3, 0.4) is 0 Å². The third-order valence-corrected chi connectivity index (χ3v) is 3.58. The summed E-state index contributed by atoms with van der Waals surface area (Å²) in [6.07, 6.45) is 2.84. The van der Waals surface area contributed by atoms with Gasteiger partial charge in [-0.1, -0.05) is 26.0 Å². The molecule has 0 N–H and O–H groups in total. The maximum absolute atomic E-state index is 13.1. The zero-order valence-electron chi connectivity index (χ0n) is 11.9. The Balaban J connectivity index is 2.26. The van der Waals surface area contributed by atoms with Gasteiger partial charge in [-0.05, 0) is 48.8 Å². The van der Waals surface area contributed by atoms with E-state index in [2.05, 4.69) is 13.8 Å². The van der Waals surface area contributed by atoms with Crippen LogP contribution in [0.5, 0.6) is 0 Å². The molecule has 1 atom stereocenters. The maximum atomic E-state index is 13.1. The zero-order valence-corrected chi connectivity index (χ0v) is 12.6. The molecule has 3 heteroatoms. The lowest BCUT2D eigenvalue weighted by Gasteiger charge is -2.14. The molecule has 0 aromatic heterocycles. The van der Waals surface area contributed by atoms with E-state index in [1.807, 2.05) is 6.07 Å². The molecule has 0 spiro atoms. The number of alkyl halides is 1. The first-order valence-electron chi connectivity index (χ1n) is 7.00. The second kappa shape index (κ2) is 9.33. The smallest absolute Gasteiger partial charge is 0.123 e. The molecule has 0 radical (unpaired) electrons. The molecule has 0 aliphatic rings. The Morgan fingerprint density at radius 3 is 2.58 bits per heavy atom.